The monoisotopic (exact) mass is 238 g/mol. The van der Waals surface area contributed by atoms with Gasteiger partial charge in [-0.05, 0) is 43.2 Å². The Morgan fingerprint density at radius 2 is 1.88 bits per heavy atom. The molecule has 84 valence electrons. The molecule has 1 unspecified atom stereocenters. The topological polar surface area (TPSA) is 13.1 Å². The lowest BCUT2D eigenvalue weighted by molar-refractivity contribution is 0.477. The molecule has 0 aliphatic carbocycles. The van der Waals surface area contributed by atoms with E-state index in [0.717, 1.165) is 17.1 Å². The van der Waals surface area contributed by atoms with Gasteiger partial charge in [-0.25, -0.2) is 4.39 Å². The molecule has 0 N–H and O–H groups in total. The number of halogens is 2. The summed E-state index contributed by atoms with van der Waals surface area (Å²) in [6.45, 7) is 1.88. The lowest BCUT2D eigenvalue weighted by Crippen LogP contribution is -1.94. The van der Waals surface area contributed by atoms with Gasteiger partial charge in [-0.2, -0.15) is 0 Å². The molecule has 2 aromatic rings. The first-order valence-corrected chi connectivity index (χ1v) is 5.53. The Morgan fingerprint density at radius 1 is 1.19 bits per heavy atom. The summed E-state index contributed by atoms with van der Waals surface area (Å²) >= 11 is 6.21. The normalized spacial score (nSPS) is 12.7. The average molecular weight is 239 g/mol. The molecule has 0 saturated heterocycles. The van der Waals surface area contributed by atoms with Crippen LogP contribution in [0.4, 0.5) is 4.39 Å². The SMILES string of the molecule is Cc1ccc(C(Cl)Cc2ccc(F)cc2)o1. The Bertz CT molecular complexity index is 461. The third kappa shape index (κ3) is 2.64. The molecule has 0 amide bonds. The van der Waals surface area contributed by atoms with Gasteiger partial charge in [0.1, 0.15) is 17.3 Å². The molecule has 16 heavy (non-hydrogen) atoms. The van der Waals surface area contributed by atoms with Gasteiger partial charge in [-0.3, -0.25) is 0 Å². The zero-order chi connectivity index (χ0) is 11.5. The van der Waals surface area contributed by atoms with Crippen LogP contribution in [0.5, 0.6) is 0 Å². The maximum atomic E-state index is 12.7. The molecule has 1 aromatic heterocycles. The van der Waals surface area contributed by atoms with Gasteiger partial charge in [0.25, 0.3) is 0 Å². The van der Waals surface area contributed by atoms with Crippen LogP contribution in [0.25, 0.3) is 0 Å². The van der Waals surface area contributed by atoms with Gasteiger partial charge in [0.05, 0.1) is 5.38 Å². The number of hydrogen-bond acceptors (Lipinski definition) is 1. The fourth-order valence-electron chi connectivity index (χ4n) is 1.55. The number of furan rings is 1. The van der Waals surface area contributed by atoms with Crippen LogP contribution in [0.1, 0.15) is 22.5 Å². The van der Waals surface area contributed by atoms with Gasteiger partial charge in [0, 0.05) is 0 Å². The van der Waals surface area contributed by atoms with Crippen molar-refractivity contribution >= 4 is 11.6 Å². The summed E-state index contributed by atoms with van der Waals surface area (Å²) in [5.74, 6) is 1.37. The molecule has 0 spiro atoms. The summed E-state index contributed by atoms with van der Waals surface area (Å²) in [6.07, 6.45) is 0.634. The van der Waals surface area contributed by atoms with Crippen molar-refractivity contribution in [2.75, 3.05) is 0 Å². The lowest BCUT2D eigenvalue weighted by atomic mass is 10.1. The van der Waals surface area contributed by atoms with E-state index >= 15 is 0 Å². The molecule has 0 fully saturated rings. The summed E-state index contributed by atoms with van der Waals surface area (Å²) in [4.78, 5) is 0. The highest BCUT2D eigenvalue weighted by atomic mass is 35.5. The smallest absolute Gasteiger partial charge is 0.123 e. The number of alkyl halides is 1. The van der Waals surface area contributed by atoms with E-state index in [1.165, 1.54) is 12.1 Å². The highest BCUT2D eigenvalue weighted by molar-refractivity contribution is 6.20. The average Bonchev–Trinajstić information content (AvgIpc) is 2.68. The Balaban J connectivity index is 2.07. The molecule has 1 nitrogen and oxygen atoms in total. The molecule has 0 aliphatic heterocycles. The summed E-state index contributed by atoms with van der Waals surface area (Å²) in [6, 6.07) is 10.1. The van der Waals surface area contributed by atoms with Crippen LogP contribution in [-0.4, -0.2) is 0 Å². The minimum atomic E-state index is -0.233. The van der Waals surface area contributed by atoms with E-state index in [2.05, 4.69) is 0 Å². The lowest BCUT2D eigenvalue weighted by Gasteiger charge is -2.06. The number of rotatable bonds is 3. The maximum absolute atomic E-state index is 12.7. The first-order chi connectivity index (χ1) is 7.65. The Labute approximate surface area is 98.8 Å². The highest BCUT2D eigenvalue weighted by Gasteiger charge is 2.12. The first-order valence-electron chi connectivity index (χ1n) is 5.10. The van der Waals surface area contributed by atoms with Crippen molar-refractivity contribution in [3.8, 4) is 0 Å². The molecular weight excluding hydrogens is 227 g/mol. The Hall–Kier alpha value is -1.28. The molecule has 3 heteroatoms. The summed E-state index contributed by atoms with van der Waals surface area (Å²) in [7, 11) is 0. The van der Waals surface area contributed by atoms with Crippen molar-refractivity contribution in [3.63, 3.8) is 0 Å². The van der Waals surface area contributed by atoms with Crippen molar-refractivity contribution in [2.45, 2.75) is 18.7 Å². The fraction of sp³-hybridized carbons (Fsp3) is 0.231. The van der Waals surface area contributed by atoms with Gasteiger partial charge in [-0.15, -0.1) is 11.6 Å². The molecule has 0 saturated carbocycles. The summed E-state index contributed by atoms with van der Waals surface area (Å²) in [5.41, 5.74) is 0.996. The van der Waals surface area contributed by atoms with Crippen LogP contribution in [0.2, 0.25) is 0 Å². The Morgan fingerprint density at radius 3 is 2.44 bits per heavy atom. The van der Waals surface area contributed by atoms with E-state index < -0.39 is 0 Å². The van der Waals surface area contributed by atoms with Crippen LogP contribution in [0.3, 0.4) is 0 Å². The summed E-state index contributed by atoms with van der Waals surface area (Å²) in [5, 5.41) is -0.209. The van der Waals surface area contributed by atoms with Crippen molar-refractivity contribution in [1.82, 2.24) is 0 Å². The third-order valence-corrected chi connectivity index (χ3v) is 2.77. The molecule has 1 atom stereocenters. The molecule has 1 heterocycles. The second-order valence-electron chi connectivity index (χ2n) is 3.75. The second kappa shape index (κ2) is 4.71. The van der Waals surface area contributed by atoms with Gasteiger partial charge < -0.3 is 4.42 Å². The first kappa shape index (κ1) is 11.2. The van der Waals surface area contributed by atoms with E-state index in [1.54, 1.807) is 12.1 Å². The Kier molecular flexibility index (Phi) is 3.30. The van der Waals surface area contributed by atoms with E-state index in [9.17, 15) is 4.39 Å². The highest BCUT2D eigenvalue weighted by Crippen LogP contribution is 2.26. The molecule has 0 bridgehead atoms. The standard InChI is InChI=1S/C13H12ClFO/c1-9-2-7-13(16-9)12(14)8-10-3-5-11(15)6-4-10/h2-7,12H,8H2,1H3. The van der Waals surface area contributed by atoms with Gasteiger partial charge in [0.15, 0.2) is 0 Å². The van der Waals surface area contributed by atoms with Crippen LogP contribution in [0.15, 0.2) is 40.8 Å². The van der Waals surface area contributed by atoms with Crippen molar-refractivity contribution in [2.24, 2.45) is 0 Å². The van der Waals surface area contributed by atoms with Crippen LogP contribution in [-0.2, 0) is 6.42 Å². The molecule has 1 aromatic carbocycles. The zero-order valence-corrected chi connectivity index (χ0v) is 9.67. The van der Waals surface area contributed by atoms with Crippen molar-refractivity contribution in [3.05, 3.63) is 59.3 Å². The largest absolute Gasteiger partial charge is 0.465 e. The van der Waals surface area contributed by atoms with E-state index in [-0.39, 0.29) is 11.2 Å². The van der Waals surface area contributed by atoms with Crippen molar-refractivity contribution < 1.29 is 8.81 Å². The minimum Gasteiger partial charge on any atom is -0.465 e. The number of aryl methyl sites for hydroxylation is 1. The number of hydrogen-bond donors (Lipinski definition) is 0. The molecule has 0 radical (unpaired) electrons. The van der Waals surface area contributed by atoms with Crippen LogP contribution < -0.4 is 0 Å². The third-order valence-electron chi connectivity index (χ3n) is 2.40. The maximum Gasteiger partial charge on any atom is 0.123 e. The van der Waals surface area contributed by atoms with Crippen LogP contribution in [0, 0.1) is 12.7 Å². The predicted molar refractivity (Wildman–Crippen MR) is 62.1 cm³/mol. The van der Waals surface area contributed by atoms with Gasteiger partial charge in [0.2, 0.25) is 0 Å². The van der Waals surface area contributed by atoms with E-state index in [1.807, 2.05) is 19.1 Å². The van der Waals surface area contributed by atoms with Gasteiger partial charge in [-0.1, -0.05) is 12.1 Å². The number of benzene rings is 1. The van der Waals surface area contributed by atoms with Crippen LogP contribution >= 0.6 is 11.6 Å². The summed E-state index contributed by atoms with van der Waals surface area (Å²) < 4.78 is 18.1. The molecular formula is C13H12ClFO. The second-order valence-corrected chi connectivity index (χ2v) is 4.27. The minimum absolute atomic E-state index is 0.209. The quantitative estimate of drug-likeness (QED) is 0.729. The predicted octanol–water partition coefficient (Wildman–Crippen LogP) is 4.25. The van der Waals surface area contributed by atoms with E-state index in [4.69, 9.17) is 16.0 Å². The van der Waals surface area contributed by atoms with Crippen molar-refractivity contribution in [1.29, 1.82) is 0 Å². The fourth-order valence-corrected chi connectivity index (χ4v) is 1.85. The zero-order valence-electron chi connectivity index (χ0n) is 8.91. The molecule has 0 aliphatic rings. The molecule has 2 rings (SSSR count). The van der Waals surface area contributed by atoms with E-state index in [0.29, 0.717) is 6.42 Å². The van der Waals surface area contributed by atoms with Gasteiger partial charge >= 0.3 is 0 Å².